The van der Waals surface area contributed by atoms with E-state index in [1.807, 2.05) is 0 Å². The van der Waals surface area contributed by atoms with Gasteiger partial charge in [0.15, 0.2) is 5.82 Å². The maximum absolute atomic E-state index is 9.69. The number of nitrogens with zero attached hydrogens (tertiary/aromatic N) is 2. The summed E-state index contributed by atoms with van der Waals surface area (Å²) >= 11 is 0. The second-order valence-electron chi connectivity index (χ2n) is 1.13. The highest BCUT2D eigenvalue weighted by Crippen LogP contribution is 1.93. The van der Waals surface area contributed by atoms with E-state index in [9.17, 15) is 4.91 Å². The van der Waals surface area contributed by atoms with Crippen LogP contribution in [0.5, 0.6) is 0 Å². The highest BCUT2D eigenvalue weighted by atomic mass is 16.3. The Morgan fingerprint density at radius 3 is 2.25 bits per heavy atom. The van der Waals surface area contributed by atoms with Crippen LogP contribution in [0.3, 0.4) is 0 Å². The maximum atomic E-state index is 9.69. The van der Waals surface area contributed by atoms with Crippen molar-refractivity contribution in [3.05, 3.63) is 16.8 Å². The molecular weight excluding hydrogens is 104 g/mol. The molecule has 0 rings (SSSR count). The summed E-state index contributed by atoms with van der Waals surface area (Å²) in [7, 11) is 0. The Balaban J connectivity index is 3.91. The fourth-order valence-electron chi connectivity index (χ4n) is 0.283. The van der Waals surface area contributed by atoms with Crippen LogP contribution >= 0.6 is 0 Å². The number of hydrogen-bond donors (Lipinski definition) is 0. The fraction of sp³-hybridized carbons (Fsp3) is 0.400. The quantitative estimate of drug-likeness (QED) is 0.396. The zero-order valence-corrected chi connectivity index (χ0v) is 4.96. The zero-order chi connectivity index (χ0) is 6.41. The summed E-state index contributed by atoms with van der Waals surface area (Å²) < 4.78 is 0. The minimum atomic E-state index is 0.229. The third-order valence-electron chi connectivity index (χ3n) is 0.613. The Labute approximate surface area is 48.1 Å². The normalized spacial score (nSPS) is 12.5. The molecule has 0 heterocycles. The van der Waals surface area contributed by atoms with E-state index in [1.165, 1.54) is 6.21 Å². The predicted octanol–water partition coefficient (Wildman–Crippen LogP) is 1.70. The first kappa shape index (κ1) is 7.01. The molecule has 0 aliphatic carbocycles. The van der Waals surface area contributed by atoms with Crippen LogP contribution in [0.25, 0.3) is 0 Å². The van der Waals surface area contributed by atoms with E-state index in [2.05, 4.69) is 10.2 Å². The van der Waals surface area contributed by atoms with E-state index in [-0.39, 0.29) is 5.82 Å². The summed E-state index contributed by atoms with van der Waals surface area (Å²) in [4.78, 5) is 13.3. The van der Waals surface area contributed by atoms with Gasteiger partial charge in [-0.2, -0.15) is 0 Å². The SMILES string of the molecule is C/C=N\C(=C/C)N=O. The summed E-state index contributed by atoms with van der Waals surface area (Å²) in [5, 5.41) is 2.61. The lowest BCUT2D eigenvalue weighted by atomic mass is 10.6. The molecule has 0 N–H and O–H groups in total. The van der Waals surface area contributed by atoms with Crippen molar-refractivity contribution >= 4 is 6.21 Å². The van der Waals surface area contributed by atoms with Crippen molar-refractivity contribution < 1.29 is 0 Å². The lowest BCUT2D eigenvalue weighted by molar-refractivity contribution is 1.21. The maximum Gasteiger partial charge on any atom is 0.191 e. The van der Waals surface area contributed by atoms with Gasteiger partial charge in [-0.3, -0.25) is 0 Å². The molecule has 0 saturated carbocycles. The Morgan fingerprint density at radius 1 is 1.50 bits per heavy atom. The first-order valence-electron chi connectivity index (χ1n) is 2.33. The molecule has 0 amide bonds. The third kappa shape index (κ3) is 2.23. The van der Waals surface area contributed by atoms with Crippen LogP contribution in [0.4, 0.5) is 0 Å². The Morgan fingerprint density at radius 2 is 2.12 bits per heavy atom. The number of rotatable bonds is 2. The smallest absolute Gasteiger partial charge is 0.191 e. The predicted molar refractivity (Wildman–Crippen MR) is 33.7 cm³/mol. The molecule has 0 aromatic rings. The Kier molecular flexibility index (Phi) is 3.66. The van der Waals surface area contributed by atoms with Gasteiger partial charge in [-0.15, -0.1) is 4.91 Å². The second kappa shape index (κ2) is 4.18. The Bertz CT molecular complexity index is 126. The number of allylic oxidation sites excluding steroid dienone is 1. The molecule has 0 radical (unpaired) electrons. The van der Waals surface area contributed by atoms with Crippen molar-refractivity contribution in [1.82, 2.24) is 0 Å². The van der Waals surface area contributed by atoms with Crippen molar-refractivity contribution in [3.63, 3.8) is 0 Å². The molecular formula is C5H8N2O. The topological polar surface area (TPSA) is 41.8 Å². The molecule has 44 valence electrons. The van der Waals surface area contributed by atoms with Gasteiger partial charge in [0.25, 0.3) is 0 Å². The van der Waals surface area contributed by atoms with Crippen molar-refractivity contribution in [2.24, 2.45) is 10.2 Å². The second-order valence-corrected chi connectivity index (χ2v) is 1.13. The average Bonchev–Trinajstić information content (AvgIpc) is 1.83. The van der Waals surface area contributed by atoms with Gasteiger partial charge >= 0.3 is 0 Å². The highest BCUT2D eigenvalue weighted by molar-refractivity contribution is 5.55. The van der Waals surface area contributed by atoms with E-state index < -0.39 is 0 Å². The average molecular weight is 112 g/mol. The van der Waals surface area contributed by atoms with Crippen LogP contribution in [-0.4, -0.2) is 6.21 Å². The lowest BCUT2D eigenvalue weighted by Crippen LogP contribution is -1.67. The summed E-state index contributed by atoms with van der Waals surface area (Å²) in [6, 6.07) is 0. The Hall–Kier alpha value is -0.990. The third-order valence-corrected chi connectivity index (χ3v) is 0.613. The summed E-state index contributed by atoms with van der Waals surface area (Å²) in [5.41, 5.74) is 0. The minimum Gasteiger partial charge on any atom is -0.239 e. The molecule has 0 fully saturated rings. The first-order valence-corrected chi connectivity index (χ1v) is 2.33. The molecule has 0 aromatic heterocycles. The van der Waals surface area contributed by atoms with Gasteiger partial charge in [-0.25, -0.2) is 4.99 Å². The monoisotopic (exact) mass is 112 g/mol. The van der Waals surface area contributed by atoms with Gasteiger partial charge < -0.3 is 0 Å². The van der Waals surface area contributed by atoms with Gasteiger partial charge in [-0.05, 0) is 25.1 Å². The van der Waals surface area contributed by atoms with Crippen LogP contribution < -0.4 is 0 Å². The summed E-state index contributed by atoms with van der Waals surface area (Å²) in [5.74, 6) is 0.229. The molecule has 0 saturated heterocycles. The summed E-state index contributed by atoms with van der Waals surface area (Å²) in [6.45, 7) is 3.44. The number of nitroso groups, excluding NO2 is 1. The van der Waals surface area contributed by atoms with E-state index in [4.69, 9.17) is 0 Å². The van der Waals surface area contributed by atoms with Crippen LogP contribution in [0.15, 0.2) is 22.1 Å². The van der Waals surface area contributed by atoms with E-state index in [1.54, 1.807) is 19.9 Å². The van der Waals surface area contributed by atoms with Gasteiger partial charge in [0, 0.05) is 6.21 Å². The van der Waals surface area contributed by atoms with Crippen molar-refractivity contribution in [2.45, 2.75) is 13.8 Å². The lowest BCUT2D eigenvalue weighted by Gasteiger charge is -1.79. The first-order chi connectivity index (χ1) is 3.85. The van der Waals surface area contributed by atoms with Crippen LogP contribution in [0.1, 0.15) is 13.8 Å². The fourth-order valence-corrected chi connectivity index (χ4v) is 0.283. The standard InChI is InChI=1S/C5H8N2O/c1-3-5(7-8)6-4-2/h3-4H,1-2H3/b5-3+,6-4-. The van der Waals surface area contributed by atoms with Gasteiger partial charge in [0.05, 0.1) is 0 Å². The molecule has 0 unspecified atom stereocenters. The number of aliphatic imine (C=N–C) groups is 1. The van der Waals surface area contributed by atoms with Crippen LogP contribution in [0, 0.1) is 4.91 Å². The molecule has 3 nitrogen and oxygen atoms in total. The largest absolute Gasteiger partial charge is 0.239 e. The molecule has 0 aliphatic heterocycles. The molecule has 3 heteroatoms. The van der Waals surface area contributed by atoms with Gasteiger partial charge in [-0.1, -0.05) is 0 Å². The molecule has 0 bridgehead atoms. The highest BCUT2D eigenvalue weighted by Gasteiger charge is 1.82. The van der Waals surface area contributed by atoms with E-state index >= 15 is 0 Å². The van der Waals surface area contributed by atoms with Gasteiger partial charge in [0.1, 0.15) is 0 Å². The van der Waals surface area contributed by atoms with E-state index in [0.29, 0.717) is 0 Å². The van der Waals surface area contributed by atoms with Crippen LogP contribution in [-0.2, 0) is 0 Å². The zero-order valence-electron chi connectivity index (χ0n) is 4.96. The molecule has 8 heavy (non-hydrogen) atoms. The molecule has 0 aliphatic rings. The van der Waals surface area contributed by atoms with Crippen LogP contribution in [0.2, 0.25) is 0 Å². The molecule has 0 spiro atoms. The van der Waals surface area contributed by atoms with Crippen molar-refractivity contribution in [1.29, 1.82) is 0 Å². The van der Waals surface area contributed by atoms with Crippen molar-refractivity contribution in [2.75, 3.05) is 0 Å². The number of hydrogen-bond acceptors (Lipinski definition) is 3. The summed E-state index contributed by atoms with van der Waals surface area (Å²) in [6.07, 6.45) is 3.07. The van der Waals surface area contributed by atoms with Gasteiger partial charge in [0.2, 0.25) is 0 Å². The van der Waals surface area contributed by atoms with E-state index in [0.717, 1.165) is 0 Å². The molecule has 0 atom stereocenters. The van der Waals surface area contributed by atoms with Crippen molar-refractivity contribution in [3.8, 4) is 0 Å². The minimum absolute atomic E-state index is 0.229. The molecule has 0 aromatic carbocycles.